The highest BCUT2D eigenvalue weighted by Crippen LogP contribution is 2.39. The van der Waals surface area contributed by atoms with Gasteiger partial charge in [-0.3, -0.25) is 0 Å². The number of phenols is 4. The van der Waals surface area contributed by atoms with Crippen LogP contribution < -0.4 is 9.47 Å². The van der Waals surface area contributed by atoms with Gasteiger partial charge < -0.3 is 34.6 Å². The molecule has 0 bridgehead atoms. The Morgan fingerprint density at radius 2 is 1.24 bits per heavy atom. The quantitative estimate of drug-likeness (QED) is 0.366. The van der Waals surface area contributed by atoms with E-state index < -0.39 is 40.7 Å². The van der Waals surface area contributed by atoms with Crippen molar-refractivity contribution in [1.82, 2.24) is 0 Å². The van der Waals surface area contributed by atoms with Gasteiger partial charge in [-0.05, 0) is 24.3 Å². The fourth-order valence-electron chi connectivity index (χ4n) is 1.93. The first-order valence-electron chi connectivity index (χ1n) is 6.75. The van der Waals surface area contributed by atoms with Gasteiger partial charge in [-0.2, -0.15) is 0 Å². The Morgan fingerprint density at radius 3 is 1.76 bits per heavy atom. The number of hydrogen-bond donors (Lipinski definition) is 4. The Balaban J connectivity index is 2.40. The third-order valence-corrected chi connectivity index (χ3v) is 3.19. The van der Waals surface area contributed by atoms with Crippen LogP contribution >= 0.6 is 0 Å². The molecule has 0 atom stereocenters. The number of rotatable bonds is 4. The first-order valence-corrected chi connectivity index (χ1v) is 6.75. The van der Waals surface area contributed by atoms with E-state index in [0.29, 0.717) is 0 Å². The SMILES string of the molecule is COC(=O)c1cc(O)c(O)c(OC(=O)c2cc(O)c(O)c(OC)c2)c1. The molecule has 25 heavy (non-hydrogen) atoms. The Labute approximate surface area is 141 Å². The molecule has 0 unspecified atom stereocenters. The summed E-state index contributed by atoms with van der Waals surface area (Å²) in [5.41, 5.74) is -0.374. The van der Waals surface area contributed by atoms with Crippen molar-refractivity contribution >= 4 is 11.9 Å². The van der Waals surface area contributed by atoms with E-state index in [0.717, 1.165) is 31.4 Å². The number of methoxy groups -OCH3 is 2. The molecule has 0 aliphatic heterocycles. The maximum atomic E-state index is 12.2. The molecule has 0 aromatic heterocycles. The Kier molecular flexibility index (Phi) is 4.87. The smallest absolute Gasteiger partial charge is 0.343 e. The van der Waals surface area contributed by atoms with Gasteiger partial charge in [0.15, 0.2) is 23.0 Å². The predicted molar refractivity (Wildman–Crippen MR) is 82.4 cm³/mol. The lowest BCUT2D eigenvalue weighted by Crippen LogP contribution is -2.10. The van der Waals surface area contributed by atoms with E-state index in [-0.39, 0.29) is 16.9 Å². The van der Waals surface area contributed by atoms with Crippen molar-refractivity contribution in [3.05, 3.63) is 35.4 Å². The molecule has 4 N–H and O–H groups in total. The van der Waals surface area contributed by atoms with Crippen molar-refractivity contribution in [2.75, 3.05) is 14.2 Å². The number of carbonyl (C=O) groups is 2. The number of esters is 2. The molecular weight excluding hydrogens is 336 g/mol. The average Bonchev–Trinajstić information content (AvgIpc) is 2.59. The molecule has 0 heterocycles. The number of ether oxygens (including phenoxy) is 3. The molecule has 2 aromatic rings. The van der Waals surface area contributed by atoms with Gasteiger partial charge in [-0.15, -0.1) is 0 Å². The summed E-state index contributed by atoms with van der Waals surface area (Å²) in [4.78, 5) is 23.7. The van der Waals surface area contributed by atoms with E-state index in [1.165, 1.54) is 7.11 Å². The highest BCUT2D eigenvalue weighted by Gasteiger charge is 2.21. The second-order valence-corrected chi connectivity index (χ2v) is 4.77. The molecule has 0 amide bonds. The summed E-state index contributed by atoms with van der Waals surface area (Å²) in [5, 5.41) is 38.5. The Bertz CT molecular complexity index is 842. The van der Waals surface area contributed by atoms with Crippen LogP contribution in [0.2, 0.25) is 0 Å². The minimum Gasteiger partial charge on any atom is -0.504 e. The molecule has 0 saturated carbocycles. The maximum absolute atomic E-state index is 12.2. The van der Waals surface area contributed by atoms with E-state index in [1.54, 1.807) is 0 Å². The maximum Gasteiger partial charge on any atom is 0.343 e. The van der Waals surface area contributed by atoms with Crippen LogP contribution in [0.15, 0.2) is 24.3 Å². The second-order valence-electron chi connectivity index (χ2n) is 4.77. The lowest BCUT2D eigenvalue weighted by atomic mass is 10.1. The van der Waals surface area contributed by atoms with E-state index in [9.17, 15) is 30.0 Å². The van der Waals surface area contributed by atoms with Crippen LogP contribution in [0.25, 0.3) is 0 Å². The zero-order valence-electron chi connectivity index (χ0n) is 13.1. The summed E-state index contributed by atoms with van der Waals surface area (Å²) >= 11 is 0. The molecule has 0 spiro atoms. The summed E-state index contributed by atoms with van der Waals surface area (Å²) in [6.45, 7) is 0. The summed E-state index contributed by atoms with van der Waals surface area (Å²) in [6.07, 6.45) is 0. The zero-order chi connectivity index (χ0) is 18.7. The van der Waals surface area contributed by atoms with Gasteiger partial charge in [0, 0.05) is 0 Å². The van der Waals surface area contributed by atoms with Gasteiger partial charge in [0.2, 0.25) is 11.5 Å². The molecule has 132 valence electrons. The highest BCUT2D eigenvalue weighted by molar-refractivity contribution is 5.94. The van der Waals surface area contributed by atoms with Crippen molar-refractivity contribution in [1.29, 1.82) is 0 Å². The van der Waals surface area contributed by atoms with E-state index in [4.69, 9.17) is 9.47 Å². The lowest BCUT2D eigenvalue weighted by Gasteiger charge is -2.11. The van der Waals surface area contributed by atoms with Gasteiger partial charge in [0.1, 0.15) is 0 Å². The topological polar surface area (TPSA) is 143 Å². The Hall–Kier alpha value is -3.62. The van der Waals surface area contributed by atoms with E-state index in [2.05, 4.69) is 4.74 Å². The number of phenolic OH excluding ortho intramolecular Hbond substituents is 4. The summed E-state index contributed by atoms with van der Waals surface area (Å²) < 4.78 is 14.2. The molecule has 2 rings (SSSR count). The average molecular weight is 350 g/mol. The van der Waals surface area contributed by atoms with Crippen LogP contribution in [0.1, 0.15) is 20.7 Å². The molecule has 9 heteroatoms. The predicted octanol–water partition coefficient (Wildman–Crippen LogP) is 1.52. The van der Waals surface area contributed by atoms with Gasteiger partial charge in [-0.25, -0.2) is 9.59 Å². The van der Waals surface area contributed by atoms with Crippen LogP contribution in [0.4, 0.5) is 0 Å². The number of benzene rings is 2. The van der Waals surface area contributed by atoms with Crippen molar-refractivity contribution in [3.8, 4) is 34.5 Å². The zero-order valence-corrected chi connectivity index (χ0v) is 13.1. The third kappa shape index (κ3) is 3.50. The number of aromatic hydroxyl groups is 4. The van der Waals surface area contributed by atoms with Gasteiger partial charge in [0.05, 0.1) is 25.3 Å². The molecule has 0 saturated heterocycles. The number of hydrogen-bond acceptors (Lipinski definition) is 9. The van der Waals surface area contributed by atoms with Crippen molar-refractivity contribution in [3.63, 3.8) is 0 Å². The molecule has 0 radical (unpaired) electrons. The first-order chi connectivity index (χ1) is 11.8. The molecule has 9 nitrogen and oxygen atoms in total. The molecule has 2 aromatic carbocycles. The lowest BCUT2D eigenvalue weighted by molar-refractivity contribution is 0.0596. The molecule has 0 aliphatic carbocycles. The monoisotopic (exact) mass is 350 g/mol. The first kappa shape index (κ1) is 17.7. The summed E-state index contributed by atoms with van der Waals surface area (Å²) in [7, 11) is 2.33. The molecular formula is C16H14O9. The molecule has 0 fully saturated rings. The largest absolute Gasteiger partial charge is 0.504 e. The van der Waals surface area contributed by atoms with Crippen molar-refractivity contribution in [2.45, 2.75) is 0 Å². The fourth-order valence-corrected chi connectivity index (χ4v) is 1.93. The summed E-state index contributed by atoms with van der Waals surface area (Å²) in [5.74, 6) is -5.21. The van der Waals surface area contributed by atoms with Crippen molar-refractivity contribution in [2.24, 2.45) is 0 Å². The fraction of sp³-hybridized carbons (Fsp3) is 0.125. The highest BCUT2D eigenvalue weighted by atomic mass is 16.5. The second kappa shape index (κ2) is 6.87. The van der Waals surface area contributed by atoms with Gasteiger partial charge in [0.25, 0.3) is 0 Å². The van der Waals surface area contributed by atoms with Crippen LogP contribution in [-0.4, -0.2) is 46.6 Å². The van der Waals surface area contributed by atoms with Gasteiger partial charge in [-0.1, -0.05) is 0 Å². The van der Waals surface area contributed by atoms with Crippen LogP contribution in [0.5, 0.6) is 34.5 Å². The third-order valence-electron chi connectivity index (χ3n) is 3.19. The van der Waals surface area contributed by atoms with E-state index >= 15 is 0 Å². The van der Waals surface area contributed by atoms with Crippen LogP contribution in [0.3, 0.4) is 0 Å². The van der Waals surface area contributed by atoms with Crippen LogP contribution in [-0.2, 0) is 4.74 Å². The van der Waals surface area contributed by atoms with Crippen molar-refractivity contribution < 1.29 is 44.2 Å². The number of carbonyl (C=O) groups excluding carboxylic acids is 2. The minimum absolute atomic E-state index is 0.160. The van der Waals surface area contributed by atoms with Gasteiger partial charge >= 0.3 is 11.9 Å². The molecule has 0 aliphatic rings. The summed E-state index contributed by atoms with van der Waals surface area (Å²) in [6, 6.07) is 3.95. The Morgan fingerprint density at radius 1 is 0.760 bits per heavy atom. The standard InChI is InChI=1S/C16H14O9/c1-23-11-5-8(4-9(17)13(11)19)16(22)25-12-6-7(15(21)24-2)3-10(18)14(12)20/h3-6,17-20H,1-2H3. The minimum atomic E-state index is -1.05. The van der Waals surface area contributed by atoms with Crippen LogP contribution in [0, 0.1) is 0 Å². The normalized spacial score (nSPS) is 10.2. The van der Waals surface area contributed by atoms with E-state index in [1.807, 2.05) is 0 Å².